The minimum atomic E-state index is -0.210. The molecule has 84 valence electrons. The first-order valence-electron chi connectivity index (χ1n) is 5.09. The molecule has 1 aromatic rings. The third kappa shape index (κ3) is 2.86. The SMILES string of the molecule is CNC(Cl)c1cc(C(C)C)ccc1OC. The molecule has 1 aromatic carbocycles. The molecule has 0 aliphatic carbocycles. The van der Waals surface area contributed by atoms with E-state index in [4.69, 9.17) is 16.3 Å². The summed E-state index contributed by atoms with van der Waals surface area (Å²) < 4.78 is 5.28. The maximum atomic E-state index is 6.16. The van der Waals surface area contributed by atoms with E-state index in [0.29, 0.717) is 5.92 Å². The number of benzene rings is 1. The summed E-state index contributed by atoms with van der Waals surface area (Å²) in [4.78, 5) is 0. The molecule has 0 saturated heterocycles. The van der Waals surface area contributed by atoms with Crippen LogP contribution in [0.5, 0.6) is 5.75 Å². The number of ether oxygens (including phenoxy) is 1. The Morgan fingerprint density at radius 1 is 1.33 bits per heavy atom. The summed E-state index contributed by atoms with van der Waals surface area (Å²) in [6.07, 6.45) is 0. The number of nitrogens with one attached hydrogen (secondary N) is 1. The van der Waals surface area contributed by atoms with E-state index in [1.165, 1.54) is 5.56 Å². The van der Waals surface area contributed by atoms with Crippen molar-refractivity contribution in [2.75, 3.05) is 14.2 Å². The fourth-order valence-corrected chi connectivity index (χ4v) is 1.64. The lowest BCUT2D eigenvalue weighted by atomic mass is 10.00. The Bertz CT molecular complexity index is 325. The summed E-state index contributed by atoms with van der Waals surface area (Å²) in [5, 5.41) is 3.01. The highest BCUT2D eigenvalue weighted by molar-refractivity contribution is 6.20. The van der Waals surface area contributed by atoms with Gasteiger partial charge in [0.15, 0.2) is 0 Å². The molecule has 0 heterocycles. The quantitative estimate of drug-likeness (QED) is 0.630. The van der Waals surface area contributed by atoms with Crippen molar-refractivity contribution in [3.63, 3.8) is 0 Å². The molecule has 1 unspecified atom stereocenters. The predicted octanol–water partition coefficient (Wildman–Crippen LogP) is 3.28. The molecule has 0 aliphatic heterocycles. The topological polar surface area (TPSA) is 21.3 Å². The van der Waals surface area contributed by atoms with Crippen LogP contribution in [0.15, 0.2) is 18.2 Å². The number of halogens is 1. The Morgan fingerprint density at radius 2 is 2.00 bits per heavy atom. The van der Waals surface area contributed by atoms with Crippen LogP contribution in [0.25, 0.3) is 0 Å². The fourth-order valence-electron chi connectivity index (χ4n) is 1.47. The van der Waals surface area contributed by atoms with Gasteiger partial charge in [0.05, 0.1) is 7.11 Å². The summed E-state index contributed by atoms with van der Waals surface area (Å²) in [6, 6.07) is 6.14. The number of alkyl halides is 1. The van der Waals surface area contributed by atoms with Gasteiger partial charge in [-0.15, -0.1) is 11.6 Å². The van der Waals surface area contributed by atoms with Crippen molar-refractivity contribution in [1.82, 2.24) is 5.32 Å². The third-order valence-corrected chi connectivity index (χ3v) is 2.90. The van der Waals surface area contributed by atoms with E-state index in [1.807, 2.05) is 13.1 Å². The first kappa shape index (κ1) is 12.3. The van der Waals surface area contributed by atoms with Crippen molar-refractivity contribution in [3.05, 3.63) is 29.3 Å². The van der Waals surface area contributed by atoms with Crippen LogP contribution in [0, 0.1) is 0 Å². The molecule has 1 rings (SSSR count). The van der Waals surface area contributed by atoms with Crippen LogP contribution in [-0.2, 0) is 0 Å². The van der Waals surface area contributed by atoms with Crippen LogP contribution >= 0.6 is 11.6 Å². The average Bonchev–Trinajstić information content (AvgIpc) is 2.27. The van der Waals surface area contributed by atoms with Gasteiger partial charge < -0.3 is 10.1 Å². The lowest BCUT2D eigenvalue weighted by Gasteiger charge is -2.16. The summed E-state index contributed by atoms with van der Waals surface area (Å²) >= 11 is 6.16. The Hall–Kier alpha value is -0.730. The van der Waals surface area contributed by atoms with Crippen molar-refractivity contribution < 1.29 is 4.74 Å². The molecule has 3 heteroatoms. The summed E-state index contributed by atoms with van der Waals surface area (Å²) in [5.74, 6) is 1.32. The average molecular weight is 228 g/mol. The molecule has 0 aliphatic rings. The van der Waals surface area contributed by atoms with E-state index >= 15 is 0 Å². The molecule has 0 radical (unpaired) electrons. The third-order valence-electron chi connectivity index (χ3n) is 2.45. The van der Waals surface area contributed by atoms with Gasteiger partial charge in [0, 0.05) is 5.56 Å². The minimum Gasteiger partial charge on any atom is -0.496 e. The van der Waals surface area contributed by atoms with E-state index < -0.39 is 0 Å². The van der Waals surface area contributed by atoms with Gasteiger partial charge in [0.2, 0.25) is 0 Å². The number of rotatable bonds is 4. The summed E-state index contributed by atoms with van der Waals surface area (Å²) in [5.41, 5.74) is 2.05. The first-order chi connectivity index (χ1) is 7.10. The zero-order valence-corrected chi connectivity index (χ0v) is 10.4. The van der Waals surface area contributed by atoms with E-state index in [2.05, 4.69) is 31.3 Å². The standard InChI is InChI=1S/C12H18ClNO/c1-8(2)9-5-6-11(15-4)10(7-9)12(13)14-3/h5-8,12,14H,1-4H3. The van der Waals surface area contributed by atoms with Gasteiger partial charge in [-0.2, -0.15) is 0 Å². The molecule has 0 amide bonds. The Morgan fingerprint density at radius 3 is 2.47 bits per heavy atom. The van der Waals surface area contributed by atoms with E-state index in [1.54, 1.807) is 7.11 Å². The zero-order chi connectivity index (χ0) is 11.4. The Balaban J connectivity index is 3.13. The normalized spacial score (nSPS) is 12.9. The molecule has 1 atom stereocenters. The predicted molar refractivity (Wildman–Crippen MR) is 64.7 cm³/mol. The Labute approximate surface area is 96.6 Å². The van der Waals surface area contributed by atoms with Crippen molar-refractivity contribution in [3.8, 4) is 5.75 Å². The van der Waals surface area contributed by atoms with Gasteiger partial charge in [-0.3, -0.25) is 0 Å². The largest absolute Gasteiger partial charge is 0.496 e. The van der Waals surface area contributed by atoms with E-state index in [9.17, 15) is 0 Å². The van der Waals surface area contributed by atoms with Gasteiger partial charge in [-0.1, -0.05) is 19.9 Å². The van der Waals surface area contributed by atoms with Crippen LogP contribution in [0.4, 0.5) is 0 Å². The van der Waals surface area contributed by atoms with Gasteiger partial charge in [0.25, 0.3) is 0 Å². The fraction of sp³-hybridized carbons (Fsp3) is 0.500. The number of methoxy groups -OCH3 is 1. The summed E-state index contributed by atoms with van der Waals surface area (Å²) in [7, 11) is 3.49. The van der Waals surface area contributed by atoms with E-state index in [-0.39, 0.29) is 5.50 Å². The van der Waals surface area contributed by atoms with Gasteiger partial charge in [0.1, 0.15) is 11.3 Å². The first-order valence-corrected chi connectivity index (χ1v) is 5.53. The maximum Gasteiger partial charge on any atom is 0.124 e. The lowest BCUT2D eigenvalue weighted by molar-refractivity contribution is 0.407. The molecule has 15 heavy (non-hydrogen) atoms. The molecule has 0 saturated carbocycles. The highest BCUT2D eigenvalue weighted by Gasteiger charge is 2.13. The molecular formula is C12H18ClNO. The van der Waals surface area contributed by atoms with Crippen LogP contribution < -0.4 is 10.1 Å². The molecule has 0 bridgehead atoms. The van der Waals surface area contributed by atoms with Gasteiger partial charge in [-0.05, 0) is 30.7 Å². The van der Waals surface area contributed by atoms with Gasteiger partial charge >= 0.3 is 0 Å². The maximum absolute atomic E-state index is 6.16. The molecule has 0 aromatic heterocycles. The smallest absolute Gasteiger partial charge is 0.124 e. The lowest BCUT2D eigenvalue weighted by Crippen LogP contribution is -2.11. The van der Waals surface area contributed by atoms with Crippen LogP contribution in [0.1, 0.15) is 36.4 Å². The van der Waals surface area contributed by atoms with Crippen LogP contribution in [0.3, 0.4) is 0 Å². The van der Waals surface area contributed by atoms with Crippen molar-refractivity contribution >= 4 is 11.6 Å². The number of hydrogen-bond acceptors (Lipinski definition) is 2. The molecule has 2 nitrogen and oxygen atoms in total. The summed E-state index contributed by atoms with van der Waals surface area (Å²) in [6.45, 7) is 4.32. The van der Waals surface area contributed by atoms with Gasteiger partial charge in [-0.25, -0.2) is 0 Å². The second-order valence-electron chi connectivity index (χ2n) is 3.81. The second kappa shape index (κ2) is 5.38. The Kier molecular flexibility index (Phi) is 4.43. The molecule has 0 fully saturated rings. The second-order valence-corrected chi connectivity index (χ2v) is 4.24. The molecular weight excluding hydrogens is 210 g/mol. The highest BCUT2D eigenvalue weighted by Crippen LogP contribution is 2.30. The molecule has 0 spiro atoms. The van der Waals surface area contributed by atoms with Crippen molar-refractivity contribution in [2.24, 2.45) is 0 Å². The van der Waals surface area contributed by atoms with Crippen molar-refractivity contribution in [2.45, 2.75) is 25.3 Å². The highest BCUT2D eigenvalue weighted by atomic mass is 35.5. The van der Waals surface area contributed by atoms with Crippen molar-refractivity contribution in [1.29, 1.82) is 0 Å². The van der Waals surface area contributed by atoms with E-state index in [0.717, 1.165) is 11.3 Å². The number of hydrogen-bond donors (Lipinski definition) is 1. The zero-order valence-electron chi connectivity index (χ0n) is 9.67. The minimum absolute atomic E-state index is 0.210. The molecule has 1 N–H and O–H groups in total. The van der Waals surface area contributed by atoms with Crippen LogP contribution in [-0.4, -0.2) is 14.2 Å². The van der Waals surface area contributed by atoms with Crippen LogP contribution in [0.2, 0.25) is 0 Å². The monoisotopic (exact) mass is 227 g/mol.